The van der Waals surface area contributed by atoms with Crippen LogP contribution in [0.15, 0.2) is 12.2 Å². The molecule has 3 aliphatic heterocycles. The number of carbonyl (C=O) groups excluding carboxylic acids is 1. The van der Waals surface area contributed by atoms with Crippen LogP contribution in [0.5, 0.6) is 0 Å². The van der Waals surface area contributed by atoms with Crippen molar-refractivity contribution < 1.29 is 9.53 Å². The van der Waals surface area contributed by atoms with Crippen LogP contribution in [-0.2, 0) is 9.53 Å². The molecule has 19 heavy (non-hydrogen) atoms. The molecule has 0 aromatic heterocycles. The Labute approximate surface area is 115 Å². The van der Waals surface area contributed by atoms with Gasteiger partial charge in [-0.15, -0.1) is 0 Å². The molecule has 0 unspecified atom stereocenters. The van der Waals surface area contributed by atoms with Crippen LogP contribution in [0.25, 0.3) is 0 Å². The number of nitrogens with zero attached hydrogens (tertiary/aromatic N) is 1. The Morgan fingerprint density at radius 3 is 2.68 bits per heavy atom. The standard InChI is InChI=1S/C16H23NO2/c18-12-17-11-16-8-5-14(19-16)9-13(16)10-15(17)6-3-1-2-4-7-15/h5,8,12-14H,1-4,6-7,9-11H2/t13-,14-,16+/m0/s1. The summed E-state index contributed by atoms with van der Waals surface area (Å²) in [5.74, 6) is 0.636. The molecule has 0 aromatic rings. The van der Waals surface area contributed by atoms with Crippen molar-refractivity contribution in [2.75, 3.05) is 6.54 Å². The zero-order chi connectivity index (χ0) is 12.9. The number of hydrogen-bond donors (Lipinski definition) is 0. The largest absolute Gasteiger partial charge is 0.361 e. The Kier molecular flexibility index (Phi) is 2.57. The fraction of sp³-hybridized carbons (Fsp3) is 0.812. The van der Waals surface area contributed by atoms with E-state index in [0.29, 0.717) is 12.0 Å². The monoisotopic (exact) mass is 261 g/mol. The molecule has 1 aliphatic carbocycles. The number of carbonyl (C=O) groups is 1. The first kappa shape index (κ1) is 12.0. The predicted octanol–water partition coefficient (Wildman–Crippen LogP) is 2.66. The van der Waals surface area contributed by atoms with Gasteiger partial charge in [-0.1, -0.05) is 37.8 Å². The lowest BCUT2D eigenvalue weighted by Crippen LogP contribution is -2.61. The van der Waals surface area contributed by atoms with Gasteiger partial charge < -0.3 is 9.64 Å². The summed E-state index contributed by atoms with van der Waals surface area (Å²) >= 11 is 0. The maximum atomic E-state index is 11.7. The third-order valence-corrected chi connectivity index (χ3v) is 5.99. The summed E-state index contributed by atoms with van der Waals surface area (Å²) < 4.78 is 6.15. The fourth-order valence-corrected chi connectivity index (χ4v) is 4.98. The Morgan fingerprint density at radius 1 is 1.21 bits per heavy atom. The van der Waals surface area contributed by atoms with E-state index in [-0.39, 0.29) is 11.1 Å². The van der Waals surface area contributed by atoms with Crippen molar-refractivity contribution in [2.45, 2.75) is 68.6 Å². The first-order valence-electron chi connectivity index (χ1n) is 7.86. The minimum absolute atomic E-state index is 0.136. The number of rotatable bonds is 1. The molecule has 104 valence electrons. The number of piperidine rings is 1. The van der Waals surface area contributed by atoms with Gasteiger partial charge in [-0.25, -0.2) is 0 Å². The zero-order valence-corrected chi connectivity index (χ0v) is 11.5. The molecule has 3 heterocycles. The highest BCUT2D eigenvalue weighted by Crippen LogP contribution is 2.53. The zero-order valence-electron chi connectivity index (χ0n) is 11.5. The van der Waals surface area contributed by atoms with Gasteiger partial charge in [0.15, 0.2) is 0 Å². The van der Waals surface area contributed by atoms with E-state index in [1.165, 1.54) is 44.9 Å². The van der Waals surface area contributed by atoms with Crippen molar-refractivity contribution in [3.05, 3.63) is 12.2 Å². The van der Waals surface area contributed by atoms with E-state index in [4.69, 9.17) is 4.74 Å². The normalized spacial score (nSPS) is 43.3. The average Bonchev–Trinajstić information content (AvgIpc) is 2.88. The SMILES string of the molecule is O=CN1C[C@]23C=C[C@@H](C[C@H]2CC12CCCCCC2)O3. The summed E-state index contributed by atoms with van der Waals surface area (Å²) in [6.07, 6.45) is 15.8. The summed E-state index contributed by atoms with van der Waals surface area (Å²) in [6, 6.07) is 0. The van der Waals surface area contributed by atoms with Crippen LogP contribution in [0.1, 0.15) is 51.4 Å². The Morgan fingerprint density at radius 2 is 2.00 bits per heavy atom. The molecular formula is C16H23NO2. The van der Waals surface area contributed by atoms with E-state index < -0.39 is 0 Å². The molecule has 3 heteroatoms. The molecule has 0 N–H and O–H groups in total. The fourth-order valence-electron chi connectivity index (χ4n) is 4.98. The van der Waals surface area contributed by atoms with Gasteiger partial charge in [0.05, 0.1) is 12.6 Å². The van der Waals surface area contributed by atoms with Gasteiger partial charge in [0, 0.05) is 5.54 Å². The second-order valence-corrected chi connectivity index (χ2v) is 6.98. The number of ether oxygens (including phenoxy) is 1. The summed E-state index contributed by atoms with van der Waals surface area (Å²) in [5, 5.41) is 0. The molecule has 4 aliphatic rings. The van der Waals surface area contributed by atoms with Crippen molar-refractivity contribution in [2.24, 2.45) is 5.92 Å². The van der Waals surface area contributed by atoms with Gasteiger partial charge in [-0.2, -0.15) is 0 Å². The Bertz CT molecular complexity index is 411. The summed E-state index contributed by atoms with van der Waals surface area (Å²) in [5.41, 5.74) is 0.0129. The van der Waals surface area contributed by atoms with Crippen molar-refractivity contribution in [3.8, 4) is 0 Å². The van der Waals surface area contributed by atoms with Crippen LogP contribution >= 0.6 is 0 Å². The second-order valence-electron chi connectivity index (χ2n) is 6.98. The lowest BCUT2D eigenvalue weighted by atomic mass is 9.68. The van der Waals surface area contributed by atoms with Crippen LogP contribution in [0.2, 0.25) is 0 Å². The van der Waals surface area contributed by atoms with E-state index in [2.05, 4.69) is 17.1 Å². The molecule has 0 aromatic carbocycles. The van der Waals surface area contributed by atoms with Gasteiger partial charge in [0.25, 0.3) is 0 Å². The molecule has 3 fully saturated rings. The lowest BCUT2D eigenvalue weighted by Gasteiger charge is -2.53. The quantitative estimate of drug-likeness (QED) is 0.536. The first-order valence-corrected chi connectivity index (χ1v) is 7.86. The molecule has 3 nitrogen and oxygen atoms in total. The minimum atomic E-state index is -0.136. The average molecular weight is 261 g/mol. The maximum Gasteiger partial charge on any atom is 0.210 e. The van der Waals surface area contributed by atoms with E-state index in [1.807, 2.05) is 0 Å². The highest BCUT2D eigenvalue weighted by atomic mass is 16.5. The van der Waals surface area contributed by atoms with Gasteiger partial charge in [0.1, 0.15) is 5.60 Å². The van der Waals surface area contributed by atoms with E-state index >= 15 is 0 Å². The predicted molar refractivity (Wildman–Crippen MR) is 72.7 cm³/mol. The molecular weight excluding hydrogens is 238 g/mol. The summed E-state index contributed by atoms with van der Waals surface area (Å²) in [7, 11) is 0. The van der Waals surface area contributed by atoms with Crippen LogP contribution in [0.3, 0.4) is 0 Å². The Hall–Kier alpha value is -0.830. The summed E-state index contributed by atoms with van der Waals surface area (Å²) in [6.45, 7) is 0.786. The second kappa shape index (κ2) is 4.08. The number of fused-ring (bicyclic) bond motifs is 1. The van der Waals surface area contributed by atoms with Crippen LogP contribution < -0.4 is 0 Å². The molecule has 3 atom stereocenters. The minimum Gasteiger partial charge on any atom is -0.361 e. The third-order valence-electron chi connectivity index (χ3n) is 5.99. The number of likely N-dealkylation sites (tertiary alicyclic amines) is 1. The van der Waals surface area contributed by atoms with E-state index in [0.717, 1.165) is 19.4 Å². The molecule has 2 bridgehead atoms. The molecule has 2 saturated heterocycles. The van der Waals surface area contributed by atoms with Gasteiger partial charge >= 0.3 is 0 Å². The van der Waals surface area contributed by atoms with Crippen molar-refractivity contribution in [1.82, 2.24) is 4.90 Å². The van der Waals surface area contributed by atoms with E-state index in [1.54, 1.807) is 0 Å². The molecule has 0 radical (unpaired) electrons. The number of hydrogen-bond acceptors (Lipinski definition) is 2. The number of amides is 1. The highest BCUT2D eigenvalue weighted by molar-refractivity contribution is 5.51. The molecule has 1 amide bonds. The molecule has 4 rings (SSSR count). The Balaban J connectivity index is 1.66. The van der Waals surface area contributed by atoms with Crippen LogP contribution in [0.4, 0.5) is 0 Å². The van der Waals surface area contributed by atoms with Crippen molar-refractivity contribution in [1.29, 1.82) is 0 Å². The van der Waals surface area contributed by atoms with Crippen molar-refractivity contribution in [3.63, 3.8) is 0 Å². The highest BCUT2D eigenvalue weighted by Gasteiger charge is 2.58. The van der Waals surface area contributed by atoms with Crippen LogP contribution in [-0.4, -0.2) is 35.1 Å². The molecule has 1 saturated carbocycles. The first-order chi connectivity index (χ1) is 9.26. The maximum absolute atomic E-state index is 11.7. The van der Waals surface area contributed by atoms with Gasteiger partial charge in [0.2, 0.25) is 6.41 Å². The smallest absolute Gasteiger partial charge is 0.210 e. The lowest BCUT2D eigenvalue weighted by molar-refractivity contribution is -0.140. The molecule has 2 spiro atoms. The van der Waals surface area contributed by atoms with Crippen LogP contribution in [0, 0.1) is 5.92 Å². The van der Waals surface area contributed by atoms with Crippen molar-refractivity contribution >= 4 is 6.41 Å². The van der Waals surface area contributed by atoms with Gasteiger partial charge in [-0.05, 0) is 31.6 Å². The van der Waals surface area contributed by atoms with Gasteiger partial charge in [-0.3, -0.25) is 4.79 Å². The van der Waals surface area contributed by atoms with E-state index in [9.17, 15) is 4.79 Å². The third kappa shape index (κ3) is 1.63. The topological polar surface area (TPSA) is 29.5 Å². The summed E-state index contributed by atoms with van der Waals surface area (Å²) in [4.78, 5) is 13.8.